The minimum atomic E-state index is -0.541. The molecule has 0 spiro atoms. The largest absolute Gasteiger partial charge is 0.352 e. The molecule has 1 aliphatic carbocycles. The molecule has 4 nitrogen and oxygen atoms in total. The number of thioether (sulfide) groups is 1. The van der Waals surface area contributed by atoms with Gasteiger partial charge in [-0.05, 0) is 49.4 Å². The number of rotatable bonds is 10. The van der Waals surface area contributed by atoms with Crippen LogP contribution < -0.4 is 5.32 Å². The quantitative estimate of drug-likeness (QED) is 0.375. The van der Waals surface area contributed by atoms with Crippen molar-refractivity contribution in [1.82, 2.24) is 10.2 Å². The van der Waals surface area contributed by atoms with Crippen molar-refractivity contribution in [3.63, 3.8) is 0 Å². The number of carbonyl (C=O) groups excluding carboxylic acids is 2. The molecule has 1 aliphatic rings. The van der Waals surface area contributed by atoms with Crippen molar-refractivity contribution in [2.45, 2.75) is 76.8 Å². The third-order valence-electron chi connectivity index (χ3n) is 6.31. The molecule has 0 saturated heterocycles. The van der Waals surface area contributed by atoms with Crippen molar-refractivity contribution in [3.8, 4) is 0 Å². The van der Waals surface area contributed by atoms with Gasteiger partial charge in [0.15, 0.2) is 0 Å². The minimum absolute atomic E-state index is 0.0613. The Morgan fingerprint density at radius 3 is 2.44 bits per heavy atom. The zero-order valence-corrected chi connectivity index (χ0v) is 22.3. The summed E-state index contributed by atoms with van der Waals surface area (Å²) in [5, 5.41) is 4.25. The van der Waals surface area contributed by atoms with Gasteiger partial charge >= 0.3 is 0 Å². The highest BCUT2D eigenvalue weighted by Crippen LogP contribution is 2.25. The SMILES string of the molecule is CC[C@@H](C(=O)NC1CCCCC1)N(Cc1ccc(Cl)cc1Cl)C(=O)CSCc1ccc(C)cc1. The third kappa shape index (κ3) is 7.93. The van der Waals surface area contributed by atoms with Crippen LogP contribution in [0.25, 0.3) is 0 Å². The summed E-state index contributed by atoms with van der Waals surface area (Å²) in [5.74, 6) is 0.906. The van der Waals surface area contributed by atoms with Gasteiger partial charge in [0.2, 0.25) is 11.8 Å². The topological polar surface area (TPSA) is 49.4 Å². The summed E-state index contributed by atoms with van der Waals surface area (Å²) < 4.78 is 0. The molecule has 3 rings (SSSR count). The van der Waals surface area contributed by atoms with E-state index in [1.165, 1.54) is 17.5 Å². The summed E-state index contributed by atoms with van der Waals surface area (Å²) >= 11 is 14.1. The molecule has 1 saturated carbocycles. The molecule has 0 aliphatic heterocycles. The van der Waals surface area contributed by atoms with Gasteiger partial charge in [-0.1, -0.05) is 85.3 Å². The number of aryl methyl sites for hydroxylation is 1. The van der Waals surface area contributed by atoms with E-state index in [9.17, 15) is 9.59 Å². The van der Waals surface area contributed by atoms with Crippen molar-refractivity contribution in [2.24, 2.45) is 0 Å². The Balaban J connectivity index is 1.72. The Hall–Kier alpha value is -1.69. The van der Waals surface area contributed by atoms with E-state index < -0.39 is 6.04 Å². The Kier molecular flexibility index (Phi) is 10.6. The molecule has 34 heavy (non-hydrogen) atoms. The standard InChI is InChI=1S/C27H34Cl2N2O2S/c1-3-25(27(33)30-23-7-5-4-6-8-23)31(16-21-13-14-22(28)15-24(21)29)26(32)18-34-17-20-11-9-19(2)10-12-20/h9-15,23,25H,3-8,16-18H2,1-2H3,(H,30,33)/t25-/m0/s1. The van der Waals surface area contributed by atoms with Crippen LogP contribution in [0.3, 0.4) is 0 Å². The number of carbonyl (C=O) groups is 2. The van der Waals surface area contributed by atoms with Gasteiger partial charge in [-0.15, -0.1) is 11.8 Å². The number of amides is 2. The van der Waals surface area contributed by atoms with E-state index in [4.69, 9.17) is 23.2 Å². The van der Waals surface area contributed by atoms with Crippen LogP contribution in [-0.4, -0.2) is 34.6 Å². The van der Waals surface area contributed by atoms with Gasteiger partial charge in [0.1, 0.15) is 6.04 Å². The highest BCUT2D eigenvalue weighted by atomic mass is 35.5. The maximum atomic E-state index is 13.4. The zero-order chi connectivity index (χ0) is 24.5. The molecule has 7 heteroatoms. The van der Waals surface area contributed by atoms with Gasteiger partial charge in [-0.2, -0.15) is 0 Å². The molecule has 2 aromatic carbocycles. The zero-order valence-electron chi connectivity index (χ0n) is 20.0. The van der Waals surface area contributed by atoms with Crippen molar-refractivity contribution in [2.75, 3.05) is 5.75 Å². The fourth-order valence-corrected chi connectivity index (χ4v) is 5.66. The molecule has 1 fully saturated rings. The monoisotopic (exact) mass is 520 g/mol. The molecule has 1 N–H and O–H groups in total. The van der Waals surface area contributed by atoms with Crippen LogP contribution in [-0.2, 0) is 21.9 Å². The highest BCUT2D eigenvalue weighted by Gasteiger charge is 2.30. The number of nitrogens with one attached hydrogen (secondary N) is 1. The van der Waals surface area contributed by atoms with Crippen molar-refractivity contribution < 1.29 is 9.59 Å². The number of nitrogens with zero attached hydrogens (tertiary/aromatic N) is 1. The second-order valence-corrected chi connectivity index (χ2v) is 10.8. The Labute approximate surface area is 217 Å². The minimum Gasteiger partial charge on any atom is -0.352 e. The number of benzene rings is 2. The van der Waals surface area contributed by atoms with Crippen LogP contribution in [0, 0.1) is 6.92 Å². The third-order valence-corrected chi connectivity index (χ3v) is 7.88. The Morgan fingerprint density at radius 2 is 1.79 bits per heavy atom. The smallest absolute Gasteiger partial charge is 0.243 e. The average Bonchev–Trinajstić information content (AvgIpc) is 2.82. The van der Waals surface area contributed by atoms with Crippen LogP contribution in [0.2, 0.25) is 10.0 Å². The molecule has 184 valence electrons. The summed E-state index contributed by atoms with van der Waals surface area (Å²) in [7, 11) is 0. The molecule has 0 radical (unpaired) electrons. The van der Waals surface area contributed by atoms with Crippen molar-refractivity contribution >= 4 is 46.8 Å². The molecule has 0 unspecified atom stereocenters. The first-order valence-electron chi connectivity index (χ1n) is 12.0. The van der Waals surface area contributed by atoms with Gasteiger partial charge in [0.05, 0.1) is 5.75 Å². The predicted octanol–water partition coefficient (Wildman–Crippen LogP) is 6.79. The van der Waals surface area contributed by atoms with E-state index >= 15 is 0 Å². The summed E-state index contributed by atoms with van der Waals surface area (Å²) in [6, 6.07) is 13.3. The highest BCUT2D eigenvalue weighted by molar-refractivity contribution is 7.99. The molecular formula is C27H34Cl2N2O2S. The lowest BCUT2D eigenvalue weighted by molar-refractivity contribution is -0.139. The maximum absolute atomic E-state index is 13.4. The Morgan fingerprint density at radius 1 is 1.09 bits per heavy atom. The normalized spacial score (nSPS) is 15.1. The van der Waals surface area contributed by atoms with Gasteiger partial charge in [-0.3, -0.25) is 9.59 Å². The van der Waals surface area contributed by atoms with Crippen LogP contribution in [0.15, 0.2) is 42.5 Å². The van der Waals surface area contributed by atoms with Gasteiger partial charge in [0.25, 0.3) is 0 Å². The van der Waals surface area contributed by atoms with Crippen LogP contribution in [0.5, 0.6) is 0 Å². The number of hydrogen-bond donors (Lipinski definition) is 1. The number of halogens is 2. The van der Waals surface area contributed by atoms with E-state index in [1.54, 1.807) is 28.8 Å². The lowest BCUT2D eigenvalue weighted by atomic mass is 9.95. The average molecular weight is 522 g/mol. The van der Waals surface area contributed by atoms with Crippen molar-refractivity contribution in [1.29, 1.82) is 0 Å². The fourth-order valence-electron chi connectivity index (χ4n) is 4.32. The maximum Gasteiger partial charge on any atom is 0.243 e. The second-order valence-electron chi connectivity index (χ2n) is 9.00. The van der Waals surface area contributed by atoms with Gasteiger partial charge < -0.3 is 10.2 Å². The van der Waals surface area contributed by atoms with Crippen LogP contribution >= 0.6 is 35.0 Å². The van der Waals surface area contributed by atoms with E-state index in [2.05, 4.69) is 36.5 Å². The Bertz CT molecular complexity index is 962. The summed E-state index contributed by atoms with van der Waals surface area (Å²) in [5.41, 5.74) is 3.18. The van der Waals surface area contributed by atoms with E-state index in [1.807, 2.05) is 13.0 Å². The van der Waals surface area contributed by atoms with E-state index in [0.717, 1.165) is 37.0 Å². The summed E-state index contributed by atoms with van der Waals surface area (Å²) in [6.45, 7) is 4.29. The van der Waals surface area contributed by atoms with E-state index in [-0.39, 0.29) is 24.4 Å². The lowest BCUT2D eigenvalue weighted by Gasteiger charge is -2.33. The lowest BCUT2D eigenvalue weighted by Crippen LogP contribution is -2.52. The summed E-state index contributed by atoms with van der Waals surface area (Å²) in [6.07, 6.45) is 6.05. The van der Waals surface area contributed by atoms with E-state index in [0.29, 0.717) is 22.2 Å². The first-order valence-corrected chi connectivity index (χ1v) is 14.0. The number of hydrogen-bond acceptors (Lipinski definition) is 3. The predicted molar refractivity (Wildman–Crippen MR) is 143 cm³/mol. The first-order chi connectivity index (χ1) is 16.4. The molecule has 2 amide bonds. The molecule has 0 heterocycles. The van der Waals surface area contributed by atoms with Gasteiger partial charge in [-0.25, -0.2) is 0 Å². The molecular weight excluding hydrogens is 487 g/mol. The van der Waals surface area contributed by atoms with Crippen LogP contribution in [0.4, 0.5) is 0 Å². The first kappa shape index (κ1) is 26.9. The molecule has 0 aromatic heterocycles. The fraction of sp³-hybridized carbons (Fsp3) is 0.481. The molecule has 1 atom stereocenters. The second kappa shape index (κ2) is 13.4. The molecule has 2 aromatic rings. The van der Waals surface area contributed by atoms with Crippen molar-refractivity contribution in [3.05, 3.63) is 69.2 Å². The summed E-state index contributed by atoms with van der Waals surface area (Å²) in [4.78, 5) is 28.4. The van der Waals surface area contributed by atoms with Gasteiger partial charge in [0, 0.05) is 28.4 Å². The molecule has 0 bridgehead atoms. The van der Waals surface area contributed by atoms with Crippen LogP contribution in [0.1, 0.15) is 62.1 Å².